The van der Waals surface area contributed by atoms with Crippen molar-refractivity contribution in [2.45, 2.75) is 78.7 Å². The van der Waals surface area contributed by atoms with Crippen LogP contribution in [0.4, 0.5) is 0 Å². The zero-order valence-corrected chi connectivity index (χ0v) is 20.4. The van der Waals surface area contributed by atoms with Gasteiger partial charge >= 0.3 is 0 Å². The van der Waals surface area contributed by atoms with E-state index in [1.54, 1.807) is 17.6 Å². The molecule has 0 saturated heterocycles. The number of hydroxylamine groups is 1. The summed E-state index contributed by atoms with van der Waals surface area (Å²) in [6.45, 7) is 10.3. The molecule has 4 rings (SSSR count). The third kappa shape index (κ3) is 5.64. The molecule has 5 heteroatoms. The maximum atomic E-state index is 11.5. The largest absolute Gasteiger partial charge is 0.328 e. The molecule has 3 aromatic rings. The Morgan fingerprint density at radius 3 is 2.64 bits per heavy atom. The van der Waals surface area contributed by atoms with Gasteiger partial charge in [0.1, 0.15) is 5.65 Å². The molecule has 0 bridgehead atoms. The molecule has 2 atom stereocenters. The summed E-state index contributed by atoms with van der Waals surface area (Å²) in [6, 6.07) is 11.7. The molecule has 0 radical (unpaired) electrons. The number of amides is 1. The van der Waals surface area contributed by atoms with Crippen molar-refractivity contribution in [1.29, 1.82) is 0 Å². The van der Waals surface area contributed by atoms with Gasteiger partial charge in [-0.1, -0.05) is 46.2 Å². The Labute approximate surface area is 197 Å². The fourth-order valence-corrected chi connectivity index (χ4v) is 5.83. The maximum absolute atomic E-state index is 11.5. The third-order valence-corrected chi connectivity index (χ3v) is 7.15. The first-order valence-electron chi connectivity index (χ1n) is 12.1. The predicted molar refractivity (Wildman–Crippen MR) is 133 cm³/mol. The van der Waals surface area contributed by atoms with Gasteiger partial charge in [0.25, 0.3) is 5.91 Å². The van der Waals surface area contributed by atoms with Crippen molar-refractivity contribution < 1.29 is 10.0 Å². The van der Waals surface area contributed by atoms with E-state index in [0.29, 0.717) is 28.9 Å². The number of benzene rings is 1. The van der Waals surface area contributed by atoms with Crippen molar-refractivity contribution in [2.75, 3.05) is 0 Å². The van der Waals surface area contributed by atoms with Crippen molar-refractivity contribution in [3.05, 3.63) is 65.5 Å². The lowest BCUT2D eigenvalue weighted by atomic mass is 9.70. The van der Waals surface area contributed by atoms with Crippen LogP contribution in [0.5, 0.6) is 0 Å². The second kappa shape index (κ2) is 9.30. The smallest absolute Gasteiger partial charge is 0.274 e. The second-order valence-corrected chi connectivity index (χ2v) is 11.4. The summed E-state index contributed by atoms with van der Waals surface area (Å²) >= 11 is 0. The molecule has 2 heterocycles. The van der Waals surface area contributed by atoms with Crippen LogP contribution in [0.1, 0.15) is 93.6 Å². The Kier molecular flexibility index (Phi) is 6.62. The molecule has 1 amide bonds. The van der Waals surface area contributed by atoms with E-state index in [2.05, 4.69) is 56.8 Å². The van der Waals surface area contributed by atoms with Crippen molar-refractivity contribution in [2.24, 2.45) is 10.8 Å². The number of aromatic nitrogens is 2. The molecular weight excluding hydrogens is 410 g/mol. The first-order chi connectivity index (χ1) is 15.7. The minimum absolute atomic E-state index is 0.379. The number of carbonyl (C=O) groups is 1. The van der Waals surface area contributed by atoms with Gasteiger partial charge < -0.3 is 4.57 Å². The molecule has 33 heavy (non-hydrogen) atoms. The van der Waals surface area contributed by atoms with E-state index in [1.165, 1.54) is 49.5 Å². The van der Waals surface area contributed by atoms with Crippen LogP contribution < -0.4 is 5.48 Å². The summed E-state index contributed by atoms with van der Waals surface area (Å²) < 4.78 is 2.15. The molecule has 5 nitrogen and oxygen atoms in total. The highest BCUT2D eigenvalue weighted by Crippen LogP contribution is 2.46. The lowest BCUT2D eigenvalue weighted by molar-refractivity contribution is 0.0706. The van der Waals surface area contributed by atoms with Crippen molar-refractivity contribution in [3.8, 4) is 0 Å². The Morgan fingerprint density at radius 2 is 1.94 bits per heavy atom. The Hall–Kier alpha value is -2.66. The van der Waals surface area contributed by atoms with E-state index in [-0.39, 0.29) is 0 Å². The highest BCUT2D eigenvalue weighted by molar-refractivity contribution is 5.93. The van der Waals surface area contributed by atoms with Gasteiger partial charge in [-0.25, -0.2) is 10.5 Å². The standard InChI is InChI=1S/C28H37N3O2/c1-27(2,3)19-28(4)13-5-6-21(11-14-28)24-16-23-12-15-31(25(23)29-17-24)18-20-7-9-22(10-8-20)26(32)30-33/h7-10,12,15-17,21,33H,5-6,11,13-14,18-19H2,1-4H3,(H,30,32). The average molecular weight is 448 g/mol. The van der Waals surface area contributed by atoms with Crippen molar-refractivity contribution in [3.63, 3.8) is 0 Å². The summed E-state index contributed by atoms with van der Waals surface area (Å²) in [7, 11) is 0. The molecule has 2 N–H and O–H groups in total. The third-order valence-electron chi connectivity index (χ3n) is 7.15. The molecule has 1 saturated carbocycles. The van der Waals surface area contributed by atoms with Gasteiger partial charge in [-0.15, -0.1) is 0 Å². The van der Waals surface area contributed by atoms with Crippen LogP contribution in [0.25, 0.3) is 11.0 Å². The Balaban J connectivity index is 1.47. The van der Waals surface area contributed by atoms with Crippen LogP contribution >= 0.6 is 0 Å². The van der Waals surface area contributed by atoms with Crippen LogP contribution in [0.15, 0.2) is 48.8 Å². The first kappa shape index (κ1) is 23.5. The van der Waals surface area contributed by atoms with Crippen LogP contribution in [0, 0.1) is 10.8 Å². The fraction of sp³-hybridized carbons (Fsp3) is 0.500. The van der Waals surface area contributed by atoms with Gasteiger partial charge in [0, 0.05) is 29.9 Å². The minimum Gasteiger partial charge on any atom is -0.328 e. The number of rotatable bonds is 5. The fourth-order valence-electron chi connectivity index (χ4n) is 5.83. The summed E-state index contributed by atoms with van der Waals surface area (Å²) in [5.74, 6) is 0.0941. The SMILES string of the molecule is CC(C)(C)CC1(C)CCCC(c2cnc3c(ccn3Cc3ccc(C(=O)NO)cc3)c2)CC1. The van der Waals surface area contributed by atoms with Crippen molar-refractivity contribution in [1.82, 2.24) is 15.0 Å². The molecule has 1 fully saturated rings. The normalized spacial score (nSPS) is 21.7. The Bertz CT molecular complexity index is 1110. The van der Waals surface area contributed by atoms with E-state index in [9.17, 15) is 4.79 Å². The van der Waals surface area contributed by atoms with Crippen LogP contribution in [0.3, 0.4) is 0 Å². The predicted octanol–water partition coefficient (Wildman–Crippen LogP) is 6.69. The summed E-state index contributed by atoms with van der Waals surface area (Å²) in [5, 5.41) is 9.96. The van der Waals surface area contributed by atoms with Gasteiger partial charge in [-0.3, -0.25) is 10.0 Å². The van der Waals surface area contributed by atoms with Gasteiger partial charge in [-0.05, 0) is 84.2 Å². The summed E-state index contributed by atoms with van der Waals surface area (Å²) in [5.41, 5.74) is 6.37. The maximum Gasteiger partial charge on any atom is 0.274 e. The van der Waals surface area contributed by atoms with Crippen molar-refractivity contribution >= 4 is 16.9 Å². The molecule has 1 aromatic carbocycles. The number of nitrogens with zero attached hydrogens (tertiary/aromatic N) is 2. The first-order valence-corrected chi connectivity index (χ1v) is 12.1. The number of carbonyl (C=O) groups excluding carboxylic acids is 1. The zero-order valence-electron chi connectivity index (χ0n) is 20.4. The van der Waals surface area contributed by atoms with E-state index in [0.717, 1.165) is 11.2 Å². The summed E-state index contributed by atoms with van der Waals surface area (Å²) in [4.78, 5) is 16.4. The summed E-state index contributed by atoms with van der Waals surface area (Å²) in [6.07, 6.45) is 11.9. The van der Waals surface area contributed by atoms with Gasteiger partial charge in [0.05, 0.1) is 0 Å². The lowest BCUT2D eigenvalue weighted by Gasteiger charge is -2.35. The van der Waals surface area contributed by atoms with E-state index < -0.39 is 5.91 Å². The van der Waals surface area contributed by atoms with Crippen LogP contribution in [0.2, 0.25) is 0 Å². The van der Waals surface area contributed by atoms with Crippen LogP contribution in [-0.2, 0) is 6.54 Å². The number of pyridine rings is 1. The number of hydrogen-bond donors (Lipinski definition) is 2. The number of fused-ring (bicyclic) bond motifs is 1. The monoisotopic (exact) mass is 447 g/mol. The number of hydrogen-bond acceptors (Lipinski definition) is 3. The van der Waals surface area contributed by atoms with Crippen LogP contribution in [-0.4, -0.2) is 20.7 Å². The van der Waals surface area contributed by atoms with E-state index in [1.807, 2.05) is 12.1 Å². The molecule has 176 valence electrons. The van der Waals surface area contributed by atoms with Gasteiger partial charge in [-0.2, -0.15) is 0 Å². The molecule has 1 aliphatic carbocycles. The molecule has 0 aliphatic heterocycles. The highest BCUT2D eigenvalue weighted by Gasteiger charge is 2.33. The van der Waals surface area contributed by atoms with Gasteiger partial charge in [0.2, 0.25) is 0 Å². The van der Waals surface area contributed by atoms with E-state index in [4.69, 9.17) is 10.2 Å². The molecular formula is C28H37N3O2. The topological polar surface area (TPSA) is 67.2 Å². The number of nitrogens with one attached hydrogen (secondary N) is 1. The lowest BCUT2D eigenvalue weighted by Crippen LogP contribution is -2.23. The molecule has 2 unspecified atom stereocenters. The highest BCUT2D eigenvalue weighted by atomic mass is 16.5. The second-order valence-electron chi connectivity index (χ2n) is 11.4. The molecule has 0 spiro atoms. The van der Waals surface area contributed by atoms with E-state index >= 15 is 0 Å². The zero-order chi connectivity index (χ0) is 23.6. The minimum atomic E-state index is -0.501. The quantitative estimate of drug-likeness (QED) is 0.260. The molecule has 2 aromatic heterocycles. The Morgan fingerprint density at radius 1 is 1.18 bits per heavy atom. The average Bonchev–Trinajstić information content (AvgIpc) is 3.06. The molecule has 1 aliphatic rings. The van der Waals surface area contributed by atoms with Gasteiger partial charge in [0.15, 0.2) is 0 Å².